The second-order valence-corrected chi connectivity index (χ2v) is 22.2. The minimum absolute atomic E-state index is 0.364. The van der Waals surface area contributed by atoms with Gasteiger partial charge >= 0.3 is 0 Å². The Morgan fingerprint density at radius 3 is 0.798 bits per heavy atom. The highest BCUT2D eigenvalue weighted by Gasteiger charge is 2.13. The average molecular weight is 1310 g/mol. The lowest BCUT2D eigenvalue weighted by molar-refractivity contribution is -0.0220. The molecule has 0 N–H and O–H groups in total. The van der Waals surface area contributed by atoms with Crippen molar-refractivity contribution in [1.29, 1.82) is 0 Å². The molecule has 0 atom stereocenters. The minimum atomic E-state index is 0.364. The molecule has 20 heteroatoms. The summed E-state index contributed by atoms with van der Waals surface area (Å²) in [6, 6.07) is 41.6. The lowest BCUT2D eigenvalue weighted by Gasteiger charge is -2.14. The standard InChI is InChI=1S/C74H100N2O18/c1-59-49-67(65-13-7-5-8-14-65)50-60(2)73(59)91-23-11-17-71-53-69(75-93-71)57-89-47-43-85-39-35-81-31-27-77-25-29-79-33-37-83-41-45-87-55-63-19-21-64(22-20-63)56-88-46-42-84-38-34-80-30-26-78-28-32-82-36-40-86-44-48-90-58-70-54-72(94-76-70)18-12-24-92-74-61(3)51-68(52-62(74)4)66-15-9-6-10-16-66/h5-10,13-16,19-22,49-54H,11-12,17-18,23-48,55-58H2,1-4H3. The van der Waals surface area contributed by atoms with Gasteiger partial charge in [0, 0.05) is 25.0 Å². The van der Waals surface area contributed by atoms with Crippen molar-refractivity contribution in [2.24, 2.45) is 0 Å². The van der Waals surface area contributed by atoms with Crippen LogP contribution in [0, 0.1) is 27.7 Å². The molecule has 2 aromatic heterocycles. The Balaban J connectivity index is 0.530. The summed E-state index contributed by atoms with van der Waals surface area (Å²) >= 11 is 0. The molecule has 7 aromatic rings. The zero-order chi connectivity index (χ0) is 65.6. The number of aromatic nitrogens is 2. The molecule has 20 nitrogen and oxygen atoms in total. The van der Waals surface area contributed by atoms with Crippen LogP contribution >= 0.6 is 0 Å². The summed E-state index contributed by atoms with van der Waals surface area (Å²) in [5.41, 5.74) is 13.0. The molecule has 0 unspecified atom stereocenters. The molecule has 0 aliphatic rings. The quantitative estimate of drug-likeness (QED) is 0.0326. The average Bonchev–Trinajstić information content (AvgIpc) is 1.16. The minimum Gasteiger partial charge on any atom is -0.493 e. The van der Waals surface area contributed by atoms with Gasteiger partial charge in [0.05, 0.1) is 198 Å². The third kappa shape index (κ3) is 31.4. The van der Waals surface area contributed by atoms with Gasteiger partial charge in [-0.2, -0.15) is 0 Å². The van der Waals surface area contributed by atoms with Gasteiger partial charge < -0.3 is 84.8 Å². The predicted octanol–water partition coefficient (Wildman–Crippen LogP) is 11.9. The van der Waals surface area contributed by atoms with Crippen LogP contribution in [0.25, 0.3) is 22.3 Å². The number of nitrogens with zero attached hydrogens (tertiary/aromatic N) is 2. The highest BCUT2D eigenvalue weighted by atomic mass is 16.6. The third-order valence-electron chi connectivity index (χ3n) is 14.5. The van der Waals surface area contributed by atoms with E-state index < -0.39 is 0 Å². The van der Waals surface area contributed by atoms with E-state index in [1.165, 1.54) is 22.3 Å². The summed E-state index contributed by atoms with van der Waals surface area (Å²) in [5, 5.41) is 8.27. The smallest absolute Gasteiger partial charge is 0.137 e. The summed E-state index contributed by atoms with van der Waals surface area (Å²) in [7, 11) is 0. The maximum absolute atomic E-state index is 6.17. The van der Waals surface area contributed by atoms with Crippen LogP contribution in [0.4, 0.5) is 0 Å². The highest BCUT2D eigenvalue weighted by molar-refractivity contribution is 5.68. The summed E-state index contributed by atoms with van der Waals surface area (Å²) in [6.07, 6.45) is 3.10. The summed E-state index contributed by atoms with van der Waals surface area (Å²) in [6.45, 7) is 22.8. The number of benzene rings is 5. The largest absolute Gasteiger partial charge is 0.493 e. The molecule has 5 aromatic carbocycles. The second kappa shape index (κ2) is 47.5. The van der Waals surface area contributed by atoms with Crippen molar-refractivity contribution >= 4 is 0 Å². The number of hydrogen-bond acceptors (Lipinski definition) is 20. The maximum Gasteiger partial charge on any atom is 0.137 e. The fraction of sp³-hybridized carbons (Fsp3) is 0.514. The van der Waals surface area contributed by atoms with Crippen LogP contribution in [0.15, 0.2) is 130 Å². The normalized spacial score (nSPS) is 11.5. The van der Waals surface area contributed by atoms with Crippen molar-refractivity contribution in [3.63, 3.8) is 0 Å². The van der Waals surface area contributed by atoms with Gasteiger partial charge in [-0.05, 0) is 120 Å². The van der Waals surface area contributed by atoms with Crippen LogP contribution in [-0.2, 0) is 106 Å². The van der Waals surface area contributed by atoms with E-state index in [1.807, 2.05) is 48.5 Å². The summed E-state index contributed by atoms with van der Waals surface area (Å²) in [5.74, 6) is 3.52. The number of rotatable bonds is 56. The van der Waals surface area contributed by atoms with E-state index in [0.29, 0.717) is 198 Å². The first-order valence-electron chi connectivity index (χ1n) is 33.0. The van der Waals surface area contributed by atoms with Gasteiger partial charge in [0.1, 0.15) is 34.4 Å². The summed E-state index contributed by atoms with van der Waals surface area (Å²) in [4.78, 5) is 0. The molecule has 0 fully saturated rings. The Morgan fingerprint density at radius 2 is 0.521 bits per heavy atom. The monoisotopic (exact) mass is 1300 g/mol. The Bertz CT molecular complexity index is 2790. The number of aryl methyl sites for hydroxylation is 6. The fourth-order valence-electron chi connectivity index (χ4n) is 9.77. The molecule has 0 saturated carbocycles. The van der Waals surface area contributed by atoms with Crippen LogP contribution in [0.3, 0.4) is 0 Å². The first-order chi connectivity index (χ1) is 46.4. The molecule has 94 heavy (non-hydrogen) atoms. The highest BCUT2D eigenvalue weighted by Crippen LogP contribution is 2.32. The summed E-state index contributed by atoms with van der Waals surface area (Å²) < 4.78 is 102. The molecule has 0 saturated heterocycles. The zero-order valence-electron chi connectivity index (χ0n) is 55.8. The van der Waals surface area contributed by atoms with Crippen LogP contribution in [0.2, 0.25) is 0 Å². The van der Waals surface area contributed by atoms with Gasteiger partial charge in [-0.3, -0.25) is 0 Å². The van der Waals surface area contributed by atoms with E-state index in [9.17, 15) is 0 Å². The van der Waals surface area contributed by atoms with Crippen molar-refractivity contribution < 1.29 is 84.8 Å². The number of hydrogen-bond donors (Lipinski definition) is 0. The SMILES string of the molecule is Cc1cc(-c2ccccc2)cc(C)c1OCCCc1cc(COCCOCCOCCOCCOCCOCCOCc2ccc(COCCOCCOCCOCCOCCOCCOCc3cc(CCCOc4c(C)cc(-c5ccccc5)cc4C)on3)cc2)no1. The van der Waals surface area contributed by atoms with Crippen molar-refractivity contribution in [3.05, 3.63) is 178 Å². The van der Waals surface area contributed by atoms with Gasteiger partial charge in [0.25, 0.3) is 0 Å². The van der Waals surface area contributed by atoms with Crippen molar-refractivity contribution in [1.82, 2.24) is 10.3 Å². The van der Waals surface area contributed by atoms with E-state index in [2.05, 4.69) is 111 Å². The molecule has 0 amide bonds. The van der Waals surface area contributed by atoms with Crippen LogP contribution in [-0.4, -0.2) is 182 Å². The predicted molar refractivity (Wildman–Crippen MR) is 357 cm³/mol. The van der Waals surface area contributed by atoms with Crippen molar-refractivity contribution in [3.8, 4) is 33.8 Å². The van der Waals surface area contributed by atoms with Crippen molar-refractivity contribution in [2.75, 3.05) is 172 Å². The van der Waals surface area contributed by atoms with Crippen LogP contribution in [0.5, 0.6) is 11.5 Å². The van der Waals surface area contributed by atoms with Gasteiger partial charge in [-0.15, -0.1) is 0 Å². The fourth-order valence-corrected chi connectivity index (χ4v) is 9.77. The molecule has 0 aliphatic heterocycles. The molecule has 0 radical (unpaired) electrons. The maximum atomic E-state index is 6.17. The first-order valence-corrected chi connectivity index (χ1v) is 33.0. The second-order valence-electron chi connectivity index (χ2n) is 22.2. The first kappa shape index (κ1) is 74.9. The molecular formula is C74H100N2O18. The van der Waals surface area contributed by atoms with Gasteiger partial charge in [-0.1, -0.05) is 95.2 Å². The Labute approximate surface area is 555 Å². The van der Waals surface area contributed by atoms with Crippen molar-refractivity contribution in [2.45, 2.75) is 79.8 Å². The molecule has 514 valence electrons. The van der Waals surface area contributed by atoms with Crippen LogP contribution in [0.1, 0.15) is 69.1 Å². The number of ether oxygens (including phenoxy) is 16. The Kier molecular flexibility index (Phi) is 37.8. The topological polar surface area (TPSA) is 200 Å². The van der Waals surface area contributed by atoms with Crippen LogP contribution < -0.4 is 9.47 Å². The third-order valence-corrected chi connectivity index (χ3v) is 14.5. The zero-order valence-corrected chi connectivity index (χ0v) is 55.8. The molecule has 0 spiro atoms. The molecule has 0 aliphatic carbocycles. The van der Waals surface area contributed by atoms with E-state index in [1.54, 1.807) is 0 Å². The van der Waals surface area contributed by atoms with E-state index in [4.69, 9.17) is 84.8 Å². The van der Waals surface area contributed by atoms with E-state index in [-0.39, 0.29) is 0 Å². The lowest BCUT2D eigenvalue weighted by atomic mass is 10.00. The van der Waals surface area contributed by atoms with Gasteiger partial charge in [-0.25, -0.2) is 0 Å². The van der Waals surface area contributed by atoms with E-state index >= 15 is 0 Å². The molecule has 2 heterocycles. The molecule has 0 bridgehead atoms. The van der Waals surface area contributed by atoms with E-state index in [0.717, 1.165) is 93.5 Å². The van der Waals surface area contributed by atoms with Gasteiger partial charge in [0.2, 0.25) is 0 Å². The molecular weight excluding hydrogens is 1200 g/mol. The Morgan fingerprint density at radius 1 is 0.266 bits per heavy atom. The Hall–Kier alpha value is -6.44. The molecule has 7 rings (SSSR count). The van der Waals surface area contributed by atoms with Gasteiger partial charge in [0.15, 0.2) is 0 Å². The lowest BCUT2D eigenvalue weighted by Crippen LogP contribution is -2.14.